The van der Waals surface area contributed by atoms with E-state index in [1.165, 1.54) is 11.1 Å². The molecule has 1 heterocycles. The molecule has 1 N–H and O–H groups in total. The van der Waals surface area contributed by atoms with Crippen molar-refractivity contribution in [1.29, 1.82) is 0 Å². The molecule has 0 amide bonds. The number of aromatic carboxylic acids is 2. The summed E-state index contributed by atoms with van der Waals surface area (Å²) in [6, 6.07) is 8.03. The quantitative estimate of drug-likeness (QED) is 0.328. The third-order valence-corrected chi connectivity index (χ3v) is 9.40. The monoisotopic (exact) mass is 557 g/mol. The Labute approximate surface area is 238 Å². The molecule has 0 radical (unpaired) electrons. The van der Waals surface area contributed by atoms with Crippen molar-refractivity contribution in [2.75, 3.05) is 14.2 Å². The molecule has 1 spiro atoms. The fraction of sp³-hybridized carbons (Fsp3) is 0.394. The van der Waals surface area contributed by atoms with E-state index in [0.717, 1.165) is 24.0 Å². The highest BCUT2D eigenvalue weighted by atomic mass is 16.6. The van der Waals surface area contributed by atoms with Crippen molar-refractivity contribution in [3.05, 3.63) is 68.8 Å². The number of methoxy groups -OCH3 is 2. The Morgan fingerprint density at radius 3 is 1.66 bits per heavy atom. The number of carboxylic acid groups (broad SMARTS) is 2. The van der Waals surface area contributed by atoms with E-state index >= 15 is 0 Å². The first-order valence-corrected chi connectivity index (χ1v) is 13.6. The summed E-state index contributed by atoms with van der Waals surface area (Å²) < 4.78 is 23.8. The topological polar surface area (TPSA) is 114 Å². The second-order valence-corrected chi connectivity index (χ2v) is 12.8. The number of hydrogen-bond acceptors (Lipinski definition) is 7. The molecule has 2 aliphatic carbocycles. The first-order chi connectivity index (χ1) is 19.2. The molecule has 3 aliphatic rings. The van der Waals surface area contributed by atoms with Gasteiger partial charge in [-0.3, -0.25) is 0 Å². The third-order valence-electron chi connectivity index (χ3n) is 9.40. The van der Waals surface area contributed by atoms with Crippen molar-refractivity contribution in [2.45, 2.75) is 70.6 Å². The average molecular weight is 558 g/mol. The highest BCUT2D eigenvalue weighted by Crippen LogP contribution is 2.65. The molecule has 8 nitrogen and oxygen atoms in total. The molecular formula is C33H33O8-. The van der Waals surface area contributed by atoms with E-state index in [1.807, 2.05) is 12.1 Å². The summed E-state index contributed by atoms with van der Waals surface area (Å²) in [5, 5.41) is 22.2. The lowest BCUT2D eigenvalue weighted by atomic mass is 9.72. The minimum Gasteiger partial charge on any atom is -0.545 e. The van der Waals surface area contributed by atoms with Gasteiger partial charge in [-0.05, 0) is 95.2 Å². The minimum absolute atomic E-state index is 0.128. The van der Waals surface area contributed by atoms with Crippen LogP contribution < -0.4 is 24.1 Å². The number of carbonyl (C=O) groups excluding carboxylic acids is 1. The van der Waals surface area contributed by atoms with Crippen LogP contribution in [0, 0.1) is 13.8 Å². The predicted octanol–water partition coefficient (Wildman–Crippen LogP) is 5.93. The largest absolute Gasteiger partial charge is 0.545 e. The van der Waals surface area contributed by atoms with Gasteiger partial charge in [0, 0.05) is 11.0 Å². The maximum Gasteiger partial charge on any atom is 0.339 e. The van der Waals surface area contributed by atoms with Crippen LogP contribution in [0.25, 0.3) is 0 Å². The van der Waals surface area contributed by atoms with Gasteiger partial charge in [0.15, 0.2) is 34.5 Å². The van der Waals surface area contributed by atoms with Crippen molar-refractivity contribution in [3.8, 4) is 34.5 Å². The zero-order valence-corrected chi connectivity index (χ0v) is 24.5. The lowest BCUT2D eigenvalue weighted by Gasteiger charge is -2.31. The molecule has 0 bridgehead atoms. The fourth-order valence-electron chi connectivity index (χ4n) is 7.66. The van der Waals surface area contributed by atoms with Gasteiger partial charge in [0.2, 0.25) is 0 Å². The number of hydrogen-bond donors (Lipinski definition) is 1. The molecule has 3 aromatic carbocycles. The predicted molar refractivity (Wildman–Crippen MR) is 149 cm³/mol. The maximum atomic E-state index is 12.3. The van der Waals surface area contributed by atoms with E-state index in [1.54, 1.807) is 28.1 Å². The van der Waals surface area contributed by atoms with Crippen molar-refractivity contribution >= 4 is 11.9 Å². The minimum atomic E-state index is -1.46. The van der Waals surface area contributed by atoms with Crippen LogP contribution >= 0.6 is 0 Å². The number of benzene rings is 3. The van der Waals surface area contributed by atoms with Crippen molar-refractivity contribution in [1.82, 2.24) is 0 Å². The van der Waals surface area contributed by atoms with E-state index in [-0.39, 0.29) is 50.0 Å². The van der Waals surface area contributed by atoms with Gasteiger partial charge in [-0.1, -0.05) is 27.7 Å². The molecule has 1 aliphatic heterocycles. The van der Waals surface area contributed by atoms with Gasteiger partial charge in [0.25, 0.3) is 0 Å². The molecule has 0 saturated carbocycles. The van der Waals surface area contributed by atoms with Crippen LogP contribution in [0.5, 0.6) is 34.5 Å². The second-order valence-electron chi connectivity index (χ2n) is 12.8. The Kier molecular flexibility index (Phi) is 5.54. The summed E-state index contributed by atoms with van der Waals surface area (Å²) >= 11 is 0. The number of fused-ring (bicyclic) bond motifs is 6. The van der Waals surface area contributed by atoms with E-state index in [9.17, 15) is 19.8 Å². The van der Waals surface area contributed by atoms with Gasteiger partial charge in [-0.15, -0.1) is 0 Å². The van der Waals surface area contributed by atoms with Gasteiger partial charge >= 0.3 is 5.97 Å². The van der Waals surface area contributed by atoms with Crippen LogP contribution in [0.1, 0.15) is 94.6 Å². The van der Waals surface area contributed by atoms with E-state index < -0.39 is 11.9 Å². The molecule has 8 heteroatoms. The average Bonchev–Trinajstić information content (AvgIpc) is 3.24. The van der Waals surface area contributed by atoms with E-state index in [2.05, 4.69) is 39.8 Å². The summed E-state index contributed by atoms with van der Waals surface area (Å²) in [7, 11) is 3.27. The summed E-state index contributed by atoms with van der Waals surface area (Å²) in [6.07, 6.45) is 1.66. The Hall–Kier alpha value is -4.20. The molecule has 1 atom stereocenters. The van der Waals surface area contributed by atoms with Crippen LogP contribution in [-0.4, -0.2) is 31.3 Å². The molecule has 0 aromatic heterocycles. The number of ether oxygens (including phenoxy) is 4. The molecule has 0 saturated heterocycles. The molecule has 1 unspecified atom stereocenters. The van der Waals surface area contributed by atoms with Crippen LogP contribution in [0.3, 0.4) is 0 Å². The lowest BCUT2D eigenvalue weighted by molar-refractivity contribution is -0.255. The van der Waals surface area contributed by atoms with Crippen molar-refractivity contribution in [2.24, 2.45) is 0 Å². The smallest absolute Gasteiger partial charge is 0.339 e. The first-order valence-electron chi connectivity index (χ1n) is 13.6. The van der Waals surface area contributed by atoms with Gasteiger partial charge in [0.05, 0.1) is 20.2 Å². The molecule has 0 fully saturated rings. The standard InChI is InChI=1S/C33H34O8/c1-15-16(2)26(30(36)37)28-27(25(15)29(34)35)40-23-10-18-20(12-24(23)41-28)33(14-32(18,5)6)13-31(3,4)17-9-21(38-7)22(39-8)11-19(17)33/h9-12H,13-14H2,1-8H3,(H,34,35)(H,36,37)/p-1. The normalized spacial score (nSPS) is 20.3. The highest BCUT2D eigenvalue weighted by Gasteiger charge is 2.57. The number of carboxylic acids is 2. The lowest BCUT2D eigenvalue weighted by Crippen LogP contribution is -2.27. The number of rotatable bonds is 4. The van der Waals surface area contributed by atoms with Gasteiger partial charge in [-0.2, -0.15) is 0 Å². The Bertz CT molecular complexity index is 1700. The first kappa shape index (κ1) is 27.0. The van der Waals surface area contributed by atoms with Crippen LogP contribution in [0.15, 0.2) is 24.3 Å². The summed E-state index contributed by atoms with van der Waals surface area (Å²) in [6.45, 7) is 12.0. The highest BCUT2D eigenvalue weighted by molar-refractivity contribution is 6.01. The molecule has 6 rings (SSSR count). The van der Waals surface area contributed by atoms with Gasteiger partial charge in [-0.25, -0.2) is 4.79 Å². The zero-order chi connectivity index (χ0) is 29.8. The molecule has 3 aromatic rings. The summed E-state index contributed by atoms with van der Waals surface area (Å²) in [5.74, 6) is -0.935. The maximum absolute atomic E-state index is 12.3. The summed E-state index contributed by atoms with van der Waals surface area (Å²) in [4.78, 5) is 24.5. The third kappa shape index (κ3) is 3.52. The van der Waals surface area contributed by atoms with E-state index in [0.29, 0.717) is 23.0 Å². The van der Waals surface area contributed by atoms with E-state index in [4.69, 9.17) is 18.9 Å². The van der Waals surface area contributed by atoms with Gasteiger partial charge < -0.3 is 34.0 Å². The van der Waals surface area contributed by atoms with Crippen LogP contribution in [-0.2, 0) is 16.2 Å². The van der Waals surface area contributed by atoms with Crippen LogP contribution in [0.4, 0.5) is 0 Å². The van der Waals surface area contributed by atoms with Crippen molar-refractivity contribution < 1.29 is 38.7 Å². The number of carbonyl (C=O) groups is 2. The summed E-state index contributed by atoms with van der Waals surface area (Å²) in [5.41, 5.74) is 3.92. The van der Waals surface area contributed by atoms with Gasteiger partial charge in [0.1, 0.15) is 5.56 Å². The molecule has 214 valence electrons. The Morgan fingerprint density at radius 2 is 1.17 bits per heavy atom. The molecule has 41 heavy (non-hydrogen) atoms. The fourth-order valence-corrected chi connectivity index (χ4v) is 7.66. The molecular weight excluding hydrogens is 524 g/mol. The van der Waals surface area contributed by atoms with Crippen LogP contribution in [0.2, 0.25) is 0 Å². The zero-order valence-electron chi connectivity index (χ0n) is 24.5. The van der Waals surface area contributed by atoms with Crippen molar-refractivity contribution in [3.63, 3.8) is 0 Å². The Balaban J connectivity index is 1.60. The second kappa shape index (κ2) is 8.41. The Morgan fingerprint density at radius 1 is 0.756 bits per heavy atom. The SMILES string of the molecule is COc1cc2c(cc1OC)C1(CC2(C)C)CC(C)(C)c2cc3c(cc21)Oc1c(c(C(=O)[O-])c(C)c(C)c1C(=O)O)O3.